The zero-order valence-electron chi connectivity index (χ0n) is 27.3. The van der Waals surface area contributed by atoms with Gasteiger partial charge in [-0.2, -0.15) is 11.8 Å². The van der Waals surface area contributed by atoms with Gasteiger partial charge < -0.3 is 63.8 Å². The summed E-state index contributed by atoms with van der Waals surface area (Å²) in [5.41, 5.74) is 10.6. The Balaban J connectivity index is 6.06. The average molecular weight is 751 g/mol. The molecule has 0 aromatic carbocycles. The van der Waals surface area contributed by atoms with Crippen LogP contribution in [-0.4, -0.2) is 141 Å². The number of hydrogen-bond donors (Lipinski definition) is 12. The van der Waals surface area contributed by atoms with E-state index in [-0.39, 0.29) is 6.42 Å². The predicted molar refractivity (Wildman–Crippen MR) is 172 cm³/mol. The fourth-order valence-corrected chi connectivity index (χ4v) is 4.39. The molecule has 0 saturated heterocycles. The van der Waals surface area contributed by atoms with Gasteiger partial charge in [0.2, 0.25) is 41.4 Å². The van der Waals surface area contributed by atoms with Crippen molar-refractivity contribution in [1.82, 2.24) is 31.9 Å². The third kappa shape index (κ3) is 20.6. The number of carboxylic acid groups (broad SMARTS) is 4. The average Bonchev–Trinajstić information content (AvgIpc) is 3.02. The van der Waals surface area contributed by atoms with Crippen molar-refractivity contribution >= 4 is 77.0 Å². The molecule has 0 radical (unpaired) electrons. The van der Waals surface area contributed by atoms with E-state index in [0.29, 0.717) is 5.75 Å². The minimum atomic E-state index is -1.80. The monoisotopic (exact) mass is 750 g/mol. The summed E-state index contributed by atoms with van der Waals surface area (Å²) >= 11 is 1.28. The lowest BCUT2D eigenvalue weighted by Crippen LogP contribution is -2.59. The lowest BCUT2D eigenvalue weighted by Gasteiger charge is -2.26. The molecule has 5 atom stereocenters. The van der Waals surface area contributed by atoms with Crippen molar-refractivity contribution in [2.45, 2.75) is 75.2 Å². The third-order valence-corrected chi connectivity index (χ3v) is 7.07. The molecule has 0 spiro atoms. The molecule has 14 N–H and O–H groups in total. The van der Waals surface area contributed by atoms with Crippen molar-refractivity contribution in [3.8, 4) is 0 Å². The Labute approximate surface area is 293 Å². The van der Waals surface area contributed by atoms with Gasteiger partial charge in [-0.1, -0.05) is 0 Å². The molecule has 0 aromatic heterocycles. The Bertz CT molecular complexity index is 1330. The molecule has 7 amide bonds. The van der Waals surface area contributed by atoms with Crippen LogP contribution < -0.4 is 43.4 Å². The number of carboxylic acids is 4. The predicted octanol–water partition coefficient (Wildman–Crippen LogP) is -5.60. The third-order valence-electron chi connectivity index (χ3n) is 6.43. The molecular weight excluding hydrogens is 708 g/mol. The molecule has 51 heavy (non-hydrogen) atoms. The number of nitrogens with one attached hydrogen (secondary N) is 6. The first kappa shape index (κ1) is 45.5. The van der Waals surface area contributed by atoms with Crippen molar-refractivity contribution in [1.29, 1.82) is 0 Å². The summed E-state index contributed by atoms with van der Waals surface area (Å²) in [7, 11) is 0. The van der Waals surface area contributed by atoms with E-state index in [1.165, 1.54) is 11.8 Å². The fourth-order valence-electron chi connectivity index (χ4n) is 3.92. The number of thioether (sulfide) groups is 1. The number of rotatable bonds is 26. The molecule has 0 unspecified atom stereocenters. The molecule has 23 nitrogen and oxygen atoms in total. The van der Waals surface area contributed by atoms with Gasteiger partial charge in [-0.3, -0.25) is 52.7 Å². The van der Waals surface area contributed by atoms with Crippen molar-refractivity contribution < 1.29 is 73.2 Å². The zero-order chi connectivity index (χ0) is 39.3. The van der Waals surface area contributed by atoms with Crippen molar-refractivity contribution in [2.24, 2.45) is 11.5 Å². The van der Waals surface area contributed by atoms with Gasteiger partial charge >= 0.3 is 23.9 Å². The normalized spacial score (nSPS) is 13.5. The van der Waals surface area contributed by atoms with Gasteiger partial charge in [-0.05, 0) is 31.3 Å². The summed E-state index contributed by atoms with van der Waals surface area (Å²) in [4.78, 5) is 132. The minimum Gasteiger partial charge on any atom is -0.481 e. The van der Waals surface area contributed by atoms with E-state index in [9.17, 15) is 63.0 Å². The number of nitrogens with two attached hydrogens (primary N) is 2. The summed E-state index contributed by atoms with van der Waals surface area (Å²) in [6.07, 6.45) is -2.53. The van der Waals surface area contributed by atoms with Gasteiger partial charge in [-0.25, -0.2) is 0 Å². The van der Waals surface area contributed by atoms with Crippen LogP contribution in [0.15, 0.2) is 0 Å². The van der Waals surface area contributed by atoms with Gasteiger partial charge in [0, 0.05) is 12.8 Å². The van der Waals surface area contributed by atoms with Crippen LogP contribution in [0.3, 0.4) is 0 Å². The first-order chi connectivity index (χ1) is 23.8. The smallest absolute Gasteiger partial charge is 0.322 e. The molecule has 0 saturated carbocycles. The fraction of sp³-hybridized carbons (Fsp3) is 0.593. The summed E-state index contributed by atoms with van der Waals surface area (Å²) < 4.78 is 0. The molecule has 0 aromatic rings. The maximum Gasteiger partial charge on any atom is 0.322 e. The van der Waals surface area contributed by atoms with Gasteiger partial charge in [0.1, 0.15) is 30.7 Å². The SMILES string of the molecule is CSCC[C@H](NC(=O)[C@H](CCC(=O)O)NC(=O)[C@H](CCC(=O)O)NC(=O)[C@H](CC(N)=O)NC(=O)CNC(=O)[C@@H](N)CC(=O)O)C(=O)NCC(=O)O. The van der Waals surface area contributed by atoms with Crippen LogP contribution in [0.2, 0.25) is 0 Å². The zero-order valence-corrected chi connectivity index (χ0v) is 28.1. The lowest BCUT2D eigenvalue weighted by atomic mass is 10.1. The highest BCUT2D eigenvalue weighted by atomic mass is 32.2. The molecule has 0 fully saturated rings. The van der Waals surface area contributed by atoms with Crippen LogP contribution in [-0.2, 0) is 52.7 Å². The van der Waals surface area contributed by atoms with Gasteiger partial charge in [0.15, 0.2) is 0 Å². The van der Waals surface area contributed by atoms with Gasteiger partial charge in [-0.15, -0.1) is 0 Å². The standard InChI is InChI=1S/C27H42N8O15S/c1-51-7-6-15(24(47)31-11-22(44)45)35-26(49)13(2-4-19(38)39)33-25(48)14(3-5-20(40)41)34-27(50)16(9-17(29)36)32-18(37)10-30-23(46)12(28)8-21(42)43/h12-16H,2-11,28H2,1H3,(H2,29,36)(H,30,46)(H,31,47)(H,32,37)(H,33,48)(H,34,50)(H,35,49)(H,38,39)(H,40,41)(H,42,43)(H,44,45)/t12-,13-,14-,15-,16-/m0/s1. The number of hydrogen-bond acceptors (Lipinski definition) is 13. The van der Waals surface area contributed by atoms with Crippen molar-refractivity contribution in [3.63, 3.8) is 0 Å². The van der Waals surface area contributed by atoms with E-state index >= 15 is 0 Å². The number of carbonyl (C=O) groups excluding carboxylic acids is 7. The Morgan fingerprint density at radius 3 is 1.41 bits per heavy atom. The Morgan fingerprint density at radius 1 is 0.549 bits per heavy atom. The van der Waals surface area contributed by atoms with E-state index in [0.717, 1.165) is 0 Å². The highest BCUT2D eigenvalue weighted by molar-refractivity contribution is 7.98. The highest BCUT2D eigenvalue weighted by Gasteiger charge is 2.32. The second-order valence-corrected chi connectivity index (χ2v) is 11.6. The number of carbonyl (C=O) groups is 11. The summed E-state index contributed by atoms with van der Waals surface area (Å²) in [6.45, 7) is -1.62. The summed E-state index contributed by atoms with van der Waals surface area (Å²) in [5.74, 6) is -12.9. The second kappa shape index (κ2) is 23.8. The summed E-state index contributed by atoms with van der Waals surface area (Å²) in [5, 5.41) is 48.8. The largest absolute Gasteiger partial charge is 0.481 e. The number of aliphatic carboxylic acids is 4. The Morgan fingerprint density at radius 2 is 1.00 bits per heavy atom. The van der Waals surface area contributed by atoms with E-state index < -0.39 is 147 Å². The van der Waals surface area contributed by atoms with Crippen LogP contribution in [0.25, 0.3) is 0 Å². The van der Waals surface area contributed by atoms with Gasteiger partial charge in [0.25, 0.3) is 0 Å². The van der Waals surface area contributed by atoms with Crippen molar-refractivity contribution in [2.75, 3.05) is 25.1 Å². The van der Waals surface area contributed by atoms with Crippen LogP contribution in [0, 0.1) is 0 Å². The topological polar surface area (TPSA) is 393 Å². The number of primary amides is 1. The maximum atomic E-state index is 13.3. The molecule has 0 aliphatic carbocycles. The molecular formula is C27H42N8O15S. The molecule has 0 aliphatic heterocycles. The Hall–Kier alpha value is -5.52. The molecule has 0 bridgehead atoms. The maximum absolute atomic E-state index is 13.3. The lowest BCUT2D eigenvalue weighted by molar-refractivity contribution is -0.140. The second-order valence-electron chi connectivity index (χ2n) is 10.7. The van der Waals surface area contributed by atoms with E-state index in [2.05, 4.69) is 26.6 Å². The molecule has 0 rings (SSSR count). The van der Waals surface area contributed by atoms with E-state index in [1.54, 1.807) is 6.26 Å². The quantitative estimate of drug-likeness (QED) is 0.0392. The van der Waals surface area contributed by atoms with Crippen LogP contribution >= 0.6 is 11.8 Å². The van der Waals surface area contributed by atoms with Crippen LogP contribution in [0.5, 0.6) is 0 Å². The van der Waals surface area contributed by atoms with E-state index in [4.69, 9.17) is 21.7 Å². The molecule has 286 valence electrons. The van der Waals surface area contributed by atoms with Gasteiger partial charge in [0.05, 0.1) is 25.4 Å². The first-order valence-corrected chi connectivity index (χ1v) is 16.3. The van der Waals surface area contributed by atoms with Crippen LogP contribution in [0.4, 0.5) is 0 Å². The molecule has 0 aliphatic rings. The van der Waals surface area contributed by atoms with Crippen LogP contribution in [0.1, 0.15) is 44.9 Å². The highest BCUT2D eigenvalue weighted by Crippen LogP contribution is 2.07. The Kier molecular flexibility index (Phi) is 21.2. The first-order valence-electron chi connectivity index (χ1n) is 14.9. The molecule has 24 heteroatoms. The summed E-state index contributed by atoms with van der Waals surface area (Å²) in [6, 6.07) is -8.09. The number of amides is 7. The molecule has 0 heterocycles. The van der Waals surface area contributed by atoms with E-state index in [1.807, 2.05) is 5.32 Å². The minimum absolute atomic E-state index is 0.00103. The van der Waals surface area contributed by atoms with Crippen molar-refractivity contribution in [3.05, 3.63) is 0 Å².